The number of nitrogens with one attached hydrogen (secondary N) is 1. The van der Waals surface area contributed by atoms with Crippen molar-refractivity contribution >= 4 is 40.8 Å². The number of amides is 1. The van der Waals surface area contributed by atoms with Gasteiger partial charge in [0.25, 0.3) is 5.92 Å². The number of halogens is 7. The van der Waals surface area contributed by atoms with Crippen LogP contribution in [-0.4, -0.2) is 29.1 Å². The van der Waals surface area contributed by atoms with Crippen molar-refractivity contribution in [1.82, 2.24) is 0 Å². The molecule has 1 amide bonds. The highest BCUT2D eigenvalue weighted by atomic mass is 35.5. The van der Waals surface area contributed by atoms with Crippen LogP contribution in [0, 0.1) is 11.3 Å². The van der Waals surface area contributed by atoms with Gasteiger partial charge in [0.15, 0.2) is 0 Å². The average Bonchev–Trinajstić information content (AvgIpc) is 3.27. The lowest BCUT2D eigenvalue weighted by Gasteiger charge is -2.26. The van der Waals surface area contributed by atoms with Gasteiger partial charge in [0.2, 0.25) is 5.91 Å². The molecule has 0 bridgehead atoms. The van der Waals surface area contributed by atoms with E-state index in [4.69, 9.17) is 23.2 Å². The number of carbonyl (C=O) groups excluding carboxylic acids is 1. The zero-order chi connectivity index (χ0) is 24.8. The minimum atomic E-state index is -4.70. The highest BCUT2D eigenvalue weighted by molar-refractivity contribution is 6.33. The fourth-order valence-corrected chi connectivity index (χ4v) is 3.99. The summed E-state index contributed by atoms with van der Waals surface area (Å²) >= 11 is 11.9. The number of alkyl halides is 5. The summed E-state index contributed by atoms with van der Waals surface area (Å²) in [4.78, 5) is 24.3. The molecule has 0 spiro atoms. The number of anilines is 1. The summed E-state index contributed by atoms with van der Waals surface area (Å²) in [6.45, 7) is 0.864. The highest BCUT2D eigenvalue weighted by Gasteiger charge is 2.76. The van der Waals surface area contributed by atoms with Crippen molar-refractivity contribution in [3.8, 4) is 0 Å². The van der Waals surface area contributed by atoms with Crippen molar-refractivity contribution < 1.29 is 36.6 Å². The zero-order valence-corrected chi connectivity index (χ0v) is 18.5. The van der Waals surface area contributed by atoms with E-state index in [0.29, 0.717) is 0 Å². The summed E-state index contributed by atoms with van der Waals surface area (Å²) in [6, 6.07) is 9.09. The molecule has 0 aliphatic heterocycles. The largest absolute Gasteiger partial charge is 0.481 e. The number of hydrogen-bond donors (Lipinski definition) is 2. The minimum absolute atomic E-state index is 0.0476. The van der Waals surface area contributed by atoms with Crippen molar-refractivity contribution in [3.05, 3.63) is 63.6 Å². The summed E-state index contributed by atoms with van der Waals surface area (Å²) in [5.41, 5.74) is -2.17. The van der Waals surface area contributed by atoms with Gasteiger partial charge in [-0.15, -0.1) is 0 Å². The maximum Gasteiger partial charge on any atom is 0.392 e. The van der Waals surface area contributed by atoms with Gasteiger partial charge < -0.3 is 10.4 Å². The fraction of sp³-hybridized carbons (Fsp3) is 0.364. The number of carboxylic acid groups (broad SMARTS) is 1. The first kappa shape index (κ1) is 25.2. The Labute approximate surface area is 195 Å². The molecule has 11 heteroatoms. The van der Waals surface area contributed by atoms with Crippen LogP contribution in [0.2, 0.25) is 10.0 Å². The smallest absolute Gasteiger partial charge is 0.392 e. The van der Waals surface area contributed by atoms with Crippen LogP contribution in [0.25, 0.3) is 0 Å². The summed E-state index contributed by atoms with van der Waals surface area (Å²) < 4.78 is 67.9. The number of aliphatic carboxylic acids is 1. The van der Waals surface area contributed by atoms with E-state index in [1.54, 1.807) is 0 Å². The third kappa shape index (κ3) is 5.09. The average molecular weight is 510 g/mol. The lowest BCUT2D eigenvalue weighted by molar-refractivity contribution is -0.178. The molecule has 1 fully saturated rings. The molecular formula is C22H18Cl2F5NO3. The Morgan fingerprint density at radius 3 is 2.18 bits per heavy atom. The number of benzene rings is 2. The Kier molecular flexibility index (Phi) is 6.70. The Bertz CT molecular complexity index is 1070. The van der Waals surface area contributed by atoms with Crippen molar-refractivity contribution in [3.63, 3.8) is 0 Å². The van der Waals surface area contributed by atoms with E-state index in [1.165, 1.54) is 42.5 Å². The van der Waals surface area contributed by atoms with E-state index in [2.05, 4.69) is 5.32 Å². The standard InChI is InChI=1S/C22H18Cl2F5NO3/c1-11(22(27,28)29)17(13-3-5-14(23)6-4-13)18(31)30-16-8-12(2-7-15(16)24)9-20(19(32)33)10-21(20,25)26/h2-8,11,17H,9-10H2,1H3,(H,30,31)(H,32,33)/t11-,17?,20?/m1/s1. The van der Waals surface area contributed by atoms with Crippen LogP contribution in [0.5, 0.6) is 0 Å². The molecule has 4 nitrogen and oxygen atoms in total. The molecule has 0 heterocycles. The lowest BCUT2D eigenvalue weighted by atomic mass is 9.85. The van der Waals surface area contributed by atoms with E-state index in [0.717, 1.165) is 6.92 Å². The molecule has 2 aromatic carbocycles. The van der Waals surface area contributed by atoms with Gasteiger partial charge >= 0.3 is 12.1 Å². The first-order valence-corrected chi connectivity index (χ1v) is 10.5. The number of carboxylic acids is 1. The molecule has 1 saturated carbocycles. The van der Waals surface area contributed by atoms with Crippen LogP contribution < -0.4 is 5.32 Å². The summed E-state index contributed by atoms with van der Waals surface area (Å²) in [7, 11) is 0. The molecule has 1 aliphatic rings. The monoisotopic (exact) mass is 509 g/mol. The van der Waals surface area contributed by atoms with E-state index in [-0.39, 0.29) is 26.9 Å². The van der Waals surface area contributed by atoms with Gasteiger partial charge in [0, 0.05) is 11.4 Å². The van der Waals surface area contributed by atoms with Gasteiger partial charge in [-0.2, -0.15) is 13.2 Å². The molecular weight excluding hydrogens is 492 g/mol. The van der Waals surface area contributed by atoms with Crippen LogP contribution in [0.1, 0.15) is 30.4 Å². The predicted molar refractivity (Wildman–Crippen MR) is 113 cm³/mol. The van der Waals surface area contributed by atoms with Crippen LogP contribution in [-0.2, 0) is 16.0 Å². The fourth-order valence-electron chi connectivity index (χ4n) is 3.70. The molecule has 178 valence electrons. The second-order valence-electron chi connectivity index (χ2n) is 8.11. The van der Waals surface area contributed by atoms with Gasteiger partial charge in [-0.1, -0.05) is 48.3 Å². The Balaban J connectivity index is 1.90. The molecule has 1 aliphatic carbocycles. The van der Waals surface area contributed by atoms with E-state index in [1.807, 2.05) is 0 Å². The van der Waals surface area contributed by atoms with Crippen LogP contribution >= 0.6 is 23.2 Å². The molecule has 33 heavy (non-hydrogen) atoms. The van der Waals surface area contributed by atoms with Gasteiger partial charge in [-0.25, -0.2) is 8.78 Å². The quantitative estimate of drug-likeness (QED) is 0.415. The van der Waals surface area contributed by atoms with Crippen LogP contribution in [0.3, 0.4) is 0 Å². The maximum absolute atomic E-state index is 13.7. The number of rotatable bonds is 7. The summed E-state index contributed by atoms with van der Waals surface area (Å²) in [5, 5.41) is 11.8. The maximum atomic E-state index is 13.7. The van der Waals surface area contributed by atoms with Crippen LogP contribution in [0.4, 0.5) is 27.6 Å². The van der Waals surface area contributed by atoms with E-state index >= 15 is 0 Å². The Morgan fingerprint density at radius 1 is 1.12 bits per heavy atom. The Morgan fingerprint density at radius 2 is 1.70 bits per heavy atom. The zero-order valence-electron chi connectivity index (χ0n) is 17.0. The highest BCUT2D eigenvalue weighted by Crippen LogP contribution is 2.62. The van der Waals surface area contributed by atoms with Crippen molar-refractivity contribution in [2.24, 2.45) is 11.3 Å². The molecule has 0 radical (unpaired) electrons. The summed E-state index contributed by atoms with van der Waals surface area (Å²) in [5.74, 6) is -9.79. The second-order valence-corrected chi connectivity index (χ2v) is 8.95. The van der Waals surface area contributed by atoms with Gasteiger partial charge in [0.05, 0.1) is 22.5 Å². The minimum Gasteiger partial charge on any atom is -0.481 e. The van der Waals surface area contributed by atoms with Crippen molar-refractivity contribution in [2.75, 3.05) is 5.32 Å². The van der Waals surface area contributed by atoms with Gasteiger partial charge in [-0.05, 0) is 41.8 Å². The molecule has 3 atom stereocenters. The van der Waals surface area contributed by atoms with Crippen molar-refractivity contribution in [1.29, 1.82) is 0 Å². The summed E-state index contributed by atoms with van der Waals surface area (Å²) in [6.07, 6.45) is -6.06. The number of hydrogen-bond acceptors (Lipinski definition) is 2. The SMILES string of the molecule is C[C@H](C(C(=O)Nc1cc(CC2(C(=O)O)CC2(F)F)ccc1Cl)c1ccc(Cl)cc1)C(F)(F)F. The predicted octanol–water partition coefficient (Wildman–Crippen LogP) is 6.57. The van der Waals surface area contributed by atoms with E-state index < -0.39 is 54.1 Å². The molecule has 0 saturated heterocycles. The first-order valence-electron chi connectivity index (χ1n) is 9.71. The third-order valence-electron chi connectivity index (χ3n) is 5.83. The molecule has 3 rings (SSSR count). The van der Waals surface area contributed by atoms with Gasteiger partial charge in [-0.3, -0.25) is 9.59 Å². The molecule has 2 N–H and O–H groups in total. The van der Waals surface area contributed by atoms with Crippen LogP contribution in [0.15, 0.2) is 42.5 Å². The molecule has 2 aromatic rings. The van der Waals surface area contributed by atoms with Gasteiger partial charge in [0.1, 0.15) is 5.41 Å². The van der Waals surface area contributed by atoms with E-state index in [9.17, 15) is 36.6 Å². The van der Waals surface area contributed by atoms with Crippen molar-refractivity contribution in [2.45, 2.75) is 37.8 Å². The lowest BCUT2D eigenvalue weighted by Crippen LogP contribution is -2.34. The third-order valence-corrected chi connectivity index (χ3v) is 6.41. The molecule has 0 aromatic heterocycles. The molecule has 2 unspecified atom stereocenters. The second kappa shape index (κ2) is 8.76. The number of carbonyl (C=O) groups is 2. The normalized spacial score (nSPS) is 21.2. The Hall–Kier alpha value is -2.39. The first-order chi connectivity index (χ1) is 15.2. The topological polar surface area (TPSA) is 66.4 Å².